The Hall–Kier alpha value is -2.14. The fourth-order valence-electron chi connectivity index (χ4n) is 2.03. The minimum absolute atomic E-state index is 0.207. The van der Waals surface area contributed by atoms with Gasteiger partial charge in [-0.2, -0.15) is 0 Å². The first kappa shape index (κ1) is 17.2. The topological polar surface area (TPSA) is 38.3 Å². The van der Waals surface area contributed by atoms with Crippen LogP contribution in [-0.4, -0.2) is 12.0 Å². The van der Waals surface area contributed by atoms with Gasteiger partial charge in [0.1, 0.15) is 17.4 Å². The third-order valence-electron chi connectivity index (χ3n) is 3.28. The quantitative estimate of drug-likeness (QED) is 0.883. The molecule has 6 heteroatoms. The minimum atomic E-state index is -0.776. The molecule has 122 valence electrons. The minimum Gasteiger partial charge on any atom is -0.481 e. The summed E-state index contributed by atoms with van der Waals surface area (Å²) in [6.45, 7) is 3.20. The number of carbonyl (C=O) groups is 1. The van der Waals surface area contributed by atoms with E-state index >= 15 is 0 Å². The molecule has 0 fully saturated rings. The summed E-state index contributed by atoms with van der Waals surface area (Å²) < 4.78 is 32.1. The first-order chi connectivity index (χ1) is 10.9. The molecule has 0 aliphatic rings. The lowest BCUT2D eigenvalue weighted by Gasteiger charge is -2.19. The molecule has 0 aliphatic heterocycles. The highest BCUT2D eigenvalue weighted by atomic mass is 35.5. The normalized spacial score (nSPS) is 13.3. The summed E-state index contributed by atoms with van der Waals surface area (Å²) in [6, 6.07) is 9.22. The molecule has 3 nitrogen and oxygen atoms in total. The summed E-state index contributed by atoms with van der Waals surface area (Å²) in [7, 11) is 0. The molecule has 1 amide bonds. The Labute approximate surface area is 138 Å². The Balaban J connectivity index is 1.98. The van der Waals surface area contributed by atoms with Gasteiger partial charge in [0, 0.05) is 16.7 Å². The van der Waals surface area contributed by atoms with Gasteiger partial charge in [-0.15, -0.1) is 0 Å². The van der Waals surface area contributed by atoms with Gasteiger partial charge in [-0.05, 0) is 44.2 Å². The van der Waals surface area contributed by atoms with Crippen molar-refractivity contribution in [2.45, 2.75) is 26.0 Å². The summed E-state index contributed by atoms with van der Waals surface area (Å²) in [4.78, 5) is 12.1. The average molecular weight is 340 g/mol. The molecule has 0 heterocycles. The van der Waals surface area contributed by atoms with Crippen LogP contribution >= 0.6 is 11.6 Å². The van der Waals surface area contributed by atoms with E-state index in [1.54, 1.807) is 38.1 Å². The monoisotopic (exact) mass is 339 g/mol. The maximum atomic E-state index is 13.7. The maximum Gasteiger partial charge on any atom is 0.261 e. The Kier molecular flexibility index (Phi) is 5.55. The van der Waals surface area contributed by atoms with Crippen LogP contribution in [-0.2, 0) is 4.79 Å². The number of ether oxygens (including phenoxy) is 1. The van der Waals surface area contributed by atoms with Crippen molar-refractivity contribution in [1.29, 1.82) is 0 Å². The smallest absolute Gasteiger partial charge is 0.261 e. The number of rotatable bonds is 5. The summed E-state index contributed by atoms with van der Waals surface area (Å²) in [6.07, 6.45) is -0.776. The van der Waals surface area contributed by atoms with E-state index in [0.29, 0.717) is 10.8 Å². The number of halogens is 3. The van der Waals surface area contributed by atoms with E-state index in [1.165, 1.54) is 6.07 Å². The van der Waals surface area contributed by atoms with Crippen LogP contribution in [0.2, 0.25) is 5.02 Å². The molecule has 0 saturated carbocycles. The zero-order chi connectivity index (χ0) is 17.0. The third-order valence-corrected chi connectivity index (χ3v) is 3.54. The number of amides is 1. The number of hydrogen-bond donors (Lipinski definition) is 1. The van der Waals surface area contributed by atoms with Gasteiger partial charge < -0.3 is 10.1 Å². The van der Waals surface area contributed by atoms with Gasteiger partial charge in [0.05, 0.1) is 6.04 Å². The second-order valence-corrected chi connectivity index (χ2v) is 5.55. The number of nitrogens with one attached hydrogen (secondary N) is 1. The summed E-state index contributed by atoms with van der Waals surface area (Å²) in [5.41, 5.74) is 0.207. The molecule has 0 radical (unpaired) electrons. The van der Waals surface area contributed by atoms with Gasteiger partial charge in [0.25, 0.3) is 5.91 Å². The van der Waals surface area contributed by atoms with E-state index in [1.807, 2.05) is 0 Å². The molecule has 0 unspecified atom stereocenters. The fourth-order valence-corrected chi connectivity index (χ4v) is 2.16. The van der Waals surface area contributed by atoms with Crippen molar-refractivity contribution in [3.63, 3.8) is 0 Å². The zero-order valence-corrected chi connectivity index (χ0v) is 13.4. The van der Waals surface area contributed by atoms with E-state index in [9.17, 15) is 13.6 Å². The largest absolute Gasteiger partial charge is 0.481 e. The zero-order valence-electron chi connectivity index (χ0n) is 12.6. The van der Waals surface area contributed by atoms with Crippen LogP contribution in [0.1, 0.15) is 25.5 Å². The third kappa shape index (κ3) is 4.66. The molecule has 2 rings (SSSR count). The van der Waals surface area contributed by atoms with Gasteiger partial charge in [0.2, 0.25) is 0 Å². The lowest BCUT2D eigenvalue weighted by atomic mass is 10.1. The molecular weight excluding hydrogens is 324 g/mol. The second-order valence-electron chi connectivity index (χ2n) is 5.11. The Morgan fingerprint density at radius 1 is 1.13 bits per heavy atom. The standard InChI is InChI=1S/C17H16ClF2NO2/c1-10(15-8-5-13(19)9-16(15)20)21-17(22)11(2)23-14-6-3-12(18)4-7-14/h3-11H,1-2H3,(H,21,22)/t10-,11+/m0/s1. The van der Waals surface area contributed by atoms with E-state index in [4.69, 9.17) is 16.3 Å². The molecule has 2 aromatic rings. The first-order valence-corrected chi connectivity index (χ1v) is 7.42. The van der Waals surface area contributed by atoms with Crippen molar-refractivity contribution >= 4 is 17.5 Å². The van der Waals surface area contributed by atoms with Crippen LogP contribution in [0.25, 0.3) is 0 Å². The predicted molar refractivity (Wildman–Crippen MR) is 84.5 cm³/mol. The molecule has 0 aliphatic carbocycles. The second kappa shape index (κ2) is 7.42. The summed E-state index contributed by atoms with van der Waals surface area (Å²) >= 11 is 5.78. The average Bonchev–Trinajstić information content (AvgIpc) is 2.49. The van der Waals surface area contributed by atoms with Crippen molar-refractivity contribution in [2.75, 3.05) is 0 Å². The van der Waals surface area contributed by atoms with E-state index in [-0.39, 0.29) is 5.56 Å². The molecule has 1 N–H and O–H groups in total. The molecule has 0 bridgehead atoms. The number of hydrogen-bond acceptors (Lipinski definition) is 2. The Morgan fingerprint density at radius 2 is 1.78 bits per heavy atom. The molecule has 2 aromatic carbocycles. The first-order valence-electron chi connectivity index (χ1n) is 7.04. The predicted octanol–water partition coefficient (Wildman–Crippen LogP) is 4.26. The van der Waals surface area contributed by atoms with E-state index in [2.05, 4.69) is 5.32 Å². The van der Waals surface area contributed by atoms with Crippen LogP contribution < -0.4 is 10.1 Å². The SMILES string of the molecule is C[C@H](NC(=O)[C@@H](C)Oc1ccc(Cl)cc1)c1ccc(F)cc1F. The van der Waals surface area contributed by atoms with Gasteiger partial charge in [-0.25, -0.2) is 8.78 Å². The van der Waals surface area contributed by atoms with Crippen LogP contribution in [0, 0.1) is 11.6 Å². The lowest BCUT2D eigenvalue weighted by Crippen LogP contribution is -2.38. The van der Waals surface area contributed by atoms with Crippen LogP contribution in [0.15, 0.2) is 42.5 Å². The van der Waals surface area contributed by atoms with Crippen molar-refractivity contribution < 1.29 is 18.3 Å². The molecule has 23 heavy (non-hydrogen) atoms. The maximum absolute atomic E-state index is 13.7. The van der Waals surface area contributed by atoms with E-state index in [0.717, 1.165) is 12.1 Å². The Morgan fingerprint density at radius 3 is 2.39 bits per heavy atom. The number of carbonyl (C=O) groups excluding carboxylic acids is 1. The van der Waals surface area contributed by atoms with Crippen molar-refractivity contribution in [3.8, 4) is 5.75 Å². The highest BCUT2D eigenvalue weighted by Crippen LogP contribution is 2.19. The van der Waals surface area contributed by atoms with Gasteiger partial charge in [-0.1, -0.05) is 17.7 Å². The summed E-state index contributed by atoms with van der Waals surface area (Å²) in [5, 5.41) is 3.20. The van der Waals surface area contributed by atoms with Crippen LogP contribution in [0.4, 0.5) is 8.78 Å². The fraction of sp³-hybridized carbons (Fsp3) is 0.235. The highest BCUT2D eigenvalue weighted by Gasteiger charge is 2.19. The molecule has 0 aromatic heterocycles. The molecule has 0 saturated heterocycles. The van der Waals surface area contributed by atoms with E-state index < -0.39 is 29.7 Å². The van der Waals surface area contributed by atoms with Gasteiger partial charge >= 0.3 is 0 Å². The van der Waals surface area contributed by atoms with Crippen molar-refractivity contribution in [3.05, 3.63) is 64.7 Å². The summed E-state index contributed by atoms with van der Waals surface area (Å²) in [5.74, 6) is -1.28. The molecule has 2 atom stereocenters. The van der Waals surface area contributed by atoms with Gasteiger partial charge in [-0.3, -0.25) is 4.79 Å². The number of benzene rings is 2. The highest BCUT2D eigenvalue weighted by molar-refractivity contribution is 6.30. The van der Waals surface area contributed by atoms with Crippen LogP contribution in [0.5, 0.6) is 5.75 Å². The van der Waals surface area contributed by atoms with Crippen LogP contribution in [0.3, 0.4) is 0 Å². The Bertz CT molecular complexity index is 691. The lowest BCUT2D eigenvalue weighted by molar-refractivity contribution is -0.127. The van der Waals surface area contributed by atoms with Crippen molar-refractivity contribution in [2.24, 2.45) is 0 Å². The van der Waals surface area contributed by atoms with Gasteiger partial charge in [0.15, 0.2) is 6.10 Å². The molecular formula is C17H16ClF2NO2. The van der Waals surface area contributed by atoms with Crippen molar-refractivity contribution in [1.82, 2.24) is 5.32 Å². The molecule has 0 spiro atoms.